The van der Waals surface area contributed by atoms with Crippen LogP contribution in [0.25, 0.3) is 10.9 Å². The first-order valence-electron chi connectivity index (χ1n) is 10.9. The molecule has 0 radical (unpaired) electrons. The second kappa shape index (κ2) is 8.26. The highest BCUT2D eigenvalue weighted by atomic mass is 35.5. The number of aromatic nitrogens is 3. The van der Waals surface area contributed by atoms with Crippen LogP contribution in [0.2, 0.25) is 5.15 Å². The SMILES string of the molecule is O[C@@H]1CCCCN(c2nc(OC[C@@]34CCCN3C[C@H](F)C4)nc3c(F)c(Cl)ncc23)C1. The molecule has 3 fully saturated rings. The molecule has 0 amide bonds. The van der Waals surface area contributed by atoms with Crippen molar-refractivity contribution in [2.45, 2.75) is 56.3 Å². The van der Waals surface area contributed by atoms with Crippen molar-refractivity contribution in [1.82, 2.24) is 19.9 Å². The molecule has 0 unspecified atom stereocenters. The molecule has 0 aliphatic carbocycles. The van der Waals surface area contributed by atoms with Crippen molar-refractivity contribution in [2.24, 2.45) is 0 Å². The molecule has 0 bridgehead atoms. The normalized spacial score (nSPS) is 29.4. The van der Waals surface area contributed by atoms with Gasteiger partial charge < -0.3 is 14.7 Å². The van der Waals surface area contributed by atoms with Crippen LogP contribution in [0.5, 0.6) is 6.01 Å². The van der Waals surface area contributed by atoms with E-state index in [2.05, 4.69) is 19.9 Å². The van der Waals surface area contributed by atoms with Crippen LogP contribution < -0.4 is 9.64 Å². The molecule has 10 heteroatoms. The van der Waals surface area contributed by atoms with Gasteiger partial charge in [0.25, 0.3) is 0 Å². The van der Waals surface area contributed by atoms with E-state index < -0.39 is 18.1 Å². The van der Waals surface area contributed by atoms with E-state index in [1.54, 1.807) is 0 Å². The van der Waals surface area contributed by atoms with E-state index in [1.165, 1.54) is 6.20 Å². The van der Waals surface area contributed by atoms with Crippen LogP contribution in [0.1, 0.15) is 38.5 Å². The second-order valence-corrected chi connectivity index (χ2v) is 9.27. The van der Waals surface area contributed by atoms with Gasteiger partial charge in [-0.1, -0.05) is 11.6 Å². The lowest BCUT2D eigenvalue weighted by Crippen LogP contribution is -2.43. The Morgan fingerprint density at radius 1 is 1.23 bits per heavy atom. The van der Waals surface area contributed by atoms with Gasteiger partial charge in [-0.15, -0.1) is 0 Å². The molecule has 2 aromatic heterocycles. The number of hydrogen-bond acceptors (Lipinski definition) is 7. The summed E-state index contributed by atoms with van der Waals surface area (Å²) in [5.41, 5.74) is -0.320. The van der Waals surface area contributed by atoms with Crippen LogP contribution in [0.3, 0.4) is 0 Å². The van der Waals surface area contributed by atoms with Crippen molar-refractivity contribution < 1.29 is 18.6 Å². The first kappa shape index (κ1) is 21.0. The number of β-amino-alcohol motifs (C(OH)–C–C–N with tert-alkyl or cyclic N) is 1. The maximum absolute atomic E-state index is 14.8. The Labute approximate surface area is 184 Å². The van der Waals surface area contributed by atoms with Gasteiger partial charge in [0.05, 0.1) is 17.0 Å². The van der Waals surface area contributed by atoms with Crippen LogP contribution in [0.15, 0.2) is 6.20 Å². The molecule has 3 aliphatic heterocycles. The monoisotopic (exact) mass is 453 g/mol. The van der Waals surface area contributed by atoms with Crippen molar-refractivity contribution in [3.8, 4) is 6.01 Å². The third kappa shape index (κ3) is 3.91. The van der Waals surface area contributed by atoms with Crippen molar-refractivity contribution in [2.75, 3.05) is 37.7 Å². The van der Waals surface area contributed by atoms with Crippen LogP contribution in [0, 0.1) is 5.82 Å². The first-order valence-corrected chi connectivity index (χ1v) is 11.3. The zero-order valence-corrected chi connectivity index (χ0v) is 18.0. The maximum Gasteiger partial charge on any atom is 0.319 e. The topological polar surface area (TPSA) is 74.6 Å². The van der Waals surface area contributed by atoms with Crippen molar-refractivity contribution in [3.05, 3.63) is 17.2 Å². The average molecular weight is 454 g/mol. The molecule has 31 heavy (non-hydrogen) atoms. The maximum atomic E-state index is 14.8. The number of aliphatic hydroxyl groups is 1. The predicted octanol–water partition coefficient (Wildman–Crippen LogP) is 3.12. The van der Waals surface area contributed by atoms with E-state index in [0.29, 0.717) is 43.7 Å². The van der Waals surface area contributed by atoms with Gasteiger partial charge >= 0.3 is 6.01 Å². The standard InChI is InChI=1S/C21H26ClF2N5O2/c22-18-16(24)17-15(9-25-18)19(28-6-2-1-4-14(30)11-28)27-20(26-17)31-12-21-5-3-7-29(21)10-13(23)8-21/h9,13-14,30H,1-8,10-12H2/t13-,14-,21+/m1/s1. The minimum atomic E-state index is -0.863. The smallest absolute Gasteiger partial charge is 0.319 e. The van der Waals surface area contributed by atoms with Crippen molar-refractivity contribution in [1.29, 1.82) is 0 Å². The van der Waals surface area contributed by atoms with E-state index in [0.717, 1.165) is 32.2 Å². The molecular formula is C21H26ClF2N5O2. The molecule has 0 saturated carbocycles. The van der Waals surface area contributed by atoms with E-state index in [-0.39, 0.29) is 28.8 Å². The summed E-state index contributed by atoms with van der Waals surface area (Å²) < 4.78 is 34.9. The first-order chi connectivity index (χ1) is 14.9. The molecule has 5 rings (SSSR count). The number of alkyl halides is 1. The zero-order chi connectivity index (χ0) is 21.6. The van der Waals surface area contributed by atoms with Crippen LogP contribution >= 0.6 is 11.6 Å². The van der Waals surface area contributed by atoms with Crippen molar-refractivity contribution in [3.63, 3.8) is 0 Å². The van der Waals surface area contributed by atoms with E-state index >= 15 is 0 Å². The number of fused-ring (bicyclic) bond motifs is 2. The fourth-order valence-corrected chi connectivity index (χ4v) is 5.40. The lowest BCUT2D eigenvalue weighted by molar-refractivity contribution is 0.107. The Kier molecular flexibility index (Phi) is 5.60. The molecule has 5 heterocycles. The number of nitrogens with zero attached hydrogens (tertiary/aromatic N) is 5. The number of halogens is 3. The summed E-state index contributed by atoms with van der Waals surface area (Å²) in [5, 5.41) is 10.4. The van der Waals surface area contributed by atoms with E-state index in [9.17, 15) is 13.9 Å². The summed E-state index contributed by atoms with van der Waals surface area (Å²) in [6, 6.07) is 0.0333. The Morgan fingerprint density at radius 3 is 2.97 bits per heavy atom. The van der Waals surface area contributed by atoms with Gasteiger partial charge in [-0.2, -0.15) is 9.97 Å². The van der Waals surface area contributed by atoms with Gasteiger partial charge in [-0.05, 0) is 38.6 Å². The van der Waals surface area contributed by atoms with Crippen LogP contribution in [0.4, 0.5) is 14.6 Å². The van der Waals surface area contributed by atoms with Gasteiger partial charge in [0.1, 0.15) is 24.1 Å². The number of aliphatic hydroxyl groups excluding tert-OH is 1. The number of ether oxygens (including phenoxy) is 1. The quantitative estimate of drug-likeness (QED) is 0.713. The highest BCUT2D eigenvalue weighted by Gasteiger charge is 2.49. The summed E-state index contributed by atoms with van der Waals surface area (Å²) in [5.74, 6) is -0.257. The lowest BCUT2D eigenvalue weighted by Gasteiger charge is -2.31. The molecule has 0 aromatic carbocycles. The van der Waals surface area contributed by atoms with E-state index in [4.69, 9.17) is 16.3 Å². The van der Waals surface area contributed by atoms with Gasteiger partial charge in [-0.25, -0.2) is 13.8 Å². The second-order valence-electron chi connectivity index (χ2n) is 8.91. The van der Waals surface area contributed by atoms with Gasteiger partial charge in [0, 0.05) is 32.3 Å². The highest BCUT2D eigenvalue weighted by molar-refractivity contribution is 6.30. The minimum absolute atomic E-state index is 0.0333. The molecular weight excluding hydrogens is 428 g/mol. The summed E-state index contributed by atoms with van der Waals surface area (Å²) in [6.45, 7) is 2.59. The molecule has 1 N–H and O–H groups in total. The molecule has 0 spiro atoms. The van der Waals surface area contributed by atoms with Gasteiger partial charge in [0.15, 0.2) is 11.0 Å². The average Bonchev–Trinajstić information content (AvgIpc) is 3.17. The van der Waals surface area contributed by atoms with Gasteiger partial charge in [0.2, 0.25) is 0 Å². The molecule has 3 saturated heterocycles. The largest absolute Gasteiger partial charge is 0.461 e. The number of rotatable bonds is 4. The number of pyridine rings is 1. The van der Waals surface area contributed by atoms with E-state index in [1.807, 2.05) is 4.90 Å². The Balaban J connectivity index is 1.50. The molecule has 3 atom stereocenters. The lowest BCUT2D eigenvalue weighted by atomic mass is 9.95. The molecule has 168 valence electrons. The number of hydrogen-bond donors (Lipinski definition) is 1. The minimum Gasteiger partial charge on any atom is -0.461 e. The third-order valence-electron chi connectivity index (χ3n) is 6.78. The fraction of sp³-hybridized carbons (Fsp3) is 0.667. The summed E-state index contributed by atoms with van der Waals surface area (Å²) in [6.07, 6.45) is 4.89. The summed E-state index contributed by atoms with van der Waals surface area (Å²) in [7, 11) is 0. The number of anilines is 1. The van der Waals surface area contributed by atoms with Crippen LogP contribution in [-0.2, 0) is 0 Å². The Morgan fingerprint density at radius 2 is 2.10 bits per heavy atom. The fourth-order valence-electron chi connectivity index (χ4n) is 5.26. The summed E-state index contributed by atoms with van der Waals surface area (Å²) >= 11 is 5.91. The van der Waals surface area contributed by atoms with Gasteiger partial charge in [-0.3, -0.25) is 4.90 Å². The van der Waals surface area contributed by atoms with Crippen molar-refractivity contribution >= 4 is 28.3 Å². The van der Waals surface area contributed by atoms with Crippen LogP contribution in [-0.4, -0.2) is 75.6 Å². The summed E-state index contributed by atoms with van der Waals surface area (Å²) in [4.78, 5) is 16.9. The molecule has 3 aliphatic rings. The zero-order valence-electron chi connectivity index (χ0n) is 17.2. The Bertz CT molecular complexity index is 982. The highest BCUT2D eigenvalue weighted by Crippen LogP contribution is 2.40. The predicted molar refractivity (Wildman–Crippen MR) is 113 cm³/mol. The Hall–Kier alpha value is -1.84. The molecule has 2 aromatic rings. The third-order valence-corrected chi connectivity index (χ3v) is 7.04. The molecule has 7 nitrogen and oxygen atoms in total.